The third-order valence-corrected chi connectivity index (χ3v) is 4.45. The quantitative estimate of drug-likeness (QED) is 0.597. The lowest BCUT2D eigenvalue weighted by atomic mass is 10.1. The lowest BCUT2D eigenvalue weighted by molar-refractivity contribution is 0.0527. The number of aryl methyl sites for hydroxylation is 1. The summed E-state index contributed by atoms with van der Waals surface area (Å²) >= 11 is 6.03. The topological polar surface area (TPSA) is 106 Å². The van der Waals surface area contributed by atoms with Gasteiger partial charge in [-0.15, -0.1) is 0 Å². The number of halogens is 2. The van der Waals surface area contributed by atoms with Crippen LogP contribution in [-0.2, 0) is 14.9 Å². The summed E-state index contributed by atoms with van der Waals surface area (Å²) in [5, 5.41) is 1.47. The molecule has 0 fully saturated rings. The van der Waals surface area contributed by atoms with Crippen molar-refractivity contribution in [2.45, 2.75) is 18.9 Å². The number of esters is 1. The maximum absolute atomic E-state index is 13.2. The summed E-state index contributed by atoms with van der Waals surface area (Å²) in [5.41, 5.74) is 0.595. The van der Waals surface area contributed by atoms with Crippen LogP contribution in [-0.4, -0.2) is 30.5 Å². The third kappa shape index (κ3) is 4.25. The molecule has 0 spiro atoms. The third-order valence-electron chi connectivity index (χ3n) is 3.18. The molecule has 1 aromatic carbocycles. The van der Waals surface area contributed by atoms with E-state index in [4.69, 9.17) is 16.3 Å². The molecule has 0 aliphatic carbocycles. The van der Waals surface area contributed by atoms with E-state index in [0.29, 0.717) is 11.3 Å². The first-order valence-electron chi connectivity index (χ1n) is 7.01. The van der Waals surface area contributed by atoms with E-state index in [1.807, 2.05) is 0 Å². The molecule has 0 saturated carbocycles. The lowest BCUT2D eigenvalue weighted by Gasteiger charge is -2.16. The Morgan fingerprint density at radius 2 is 2.12 bits per heavy atom. The number of carbonyl (C=O) groups is 1. The van der Waals surface area contributed by atoms with E-state index in [0.717, 1.165) is 6.20 Å². The van der Waals surface area contributed by atoms with Crippen molar-refractivity contribution < 1.29 is 26.9 Å². The zero-order valence-corrected chi connectivity index (χ0v) is 14.8. The van der Waals surface area contributed by atoms with E-state index in [9.17, 15) is 22.2 Å². The number of rotatable bonds is 5. The van der Waals surface area contributed by atoms with Crippen LogP contribution in [0.3, 0.4) is 0 Å². The molecule has 0 amide bonds. The molecule has 2 aromatic rings. The number of nitrogens with zero attached hydrogens (tertiary/aromatic N) is 1. The predicted molar refractivity (Wildman–Crippen MR) is 89.4 cm³/mol. The second-order valence-corrected chi connectivity index (χ2v) is 6.66. The summed E-state index contributed by atoms with van der Waals surface area (Å²) in [7, 11) is -4.72. The van der Waals surface area contributed by atoms with Gasteiger partial charge in [0.1, 0.15) is 16.4 Å². The molecule has 0 unspecified atom stereocenters. The first kappa shape index (κ1) is 19.1. The van der Waals surface area contributed by atoms with Crippen molar-refractivity contribution in [3.8, 4) is 0 Å². The Labute approximate surface area is 148 Å². The average molecular weight is 389 g/mol. The lowest BCUT2D eigenvalue weighted by Crippen LogP contribution is -2.12. The van der Waals surface area contributed by atoms with Crippen molar-refractivity contribution in [1.29, 1.82) is 0 Å². The van der Waals surface area contributed by atoms with E-state index < -0.39 is 32.0 Å². The van der Waals surface area contributed by atoms with Gasteiger partial charge >= 0.3 is 16.1 Å². The molecular weight excluding hydrogens is 375 g/mol. The number of hydrogen-bond acceptors (Lipinski definition) is 6. The van der Waals surface area contributed by atoms with Gasteiger partial charge < -0.3 is 10.1 Å². The van der Waals surface area contributed by atoms with Crippen molar-refractivity contribution in [3.63, 3.8) is 0 Å². The Morgan fingerprint density at radius 1 is 1.44 bits per heavy atom. The second-order valence-electron chi connectivity index (χ2n) is 4.95. The molecule has 0 radical (unpaired) electrons. The van der Waals surface area contributed by atoms with E-state index in [2.05, 4.69) is 10.3 Å². The maximum Gasteiger partial charge on any atom is 0.341 e. The van der Waals surface area contributed by atoms with Crippen molar-refractivity contribution >= 4 is 39.1 Å². The number of nitrogens with one attached hydrogen (secondary N) is 1. The summed E-state index contributed by atoms with van der Waals surface area (Å²) in [6.07, 6.45) is 0.925. The molecule has 2 rings (SSSR count). The maximum atomic E-state index is 13.2. The Kier molecular flexibility index (Phi) is 5.61. The number of hydrogen-bond donors (Lipinski definition) is 2. The fourth-order valence-corrected chi connectivity index (χ4v) is 3.04. The number of pyridine rings is 1. The second kappa shape index (κ2) is 7.34. The van der Waals surface area contributed by atoms with Gasteiger partial charge in [0.2, 0.25) is 5.03 Å². The predicted octanol–water partition coefficient (Wildman–Crippen LogP) is 3.35. The van der Waals surface area contributed by atoms with Crippen molar-refractivity contribution in [3.05, 3.63) is 46.4 Å². The van der Waals surface area contributed by atoms with Gasteiger partial charge in [-0.25, -0.2) is 14.2 Å². The molecule has 0 saturated heterocycles. The van der Waals surface area contributed by atoms with Crippen LogP contribution < -0.4 is 5.32 Å². The molecule has 1 heterocycles. The van der Waals surface area contributed by atoms with Gasteiger partial charge in [-0.3, -0.25) is 4.55 Å². The van der Waals surface area contributed by atoms with Crippen LogP contribution >= 0.6 is 11.6 Å². The molecule has 0 aliphatic heterocycles. The van der Waals surface area contributed by atoms with Crippen molar-refractivity contribution in [2.75, 3.05) is 11.9 Å². The summed E-state index contributed by atoms with van der Waals surface area (Å²) < 4.78 is 50.1. The van der Waals surface area contributed by atoms with Gasteiger partial charge in [-0.2, -0.15) is 8.42 Å². The normalized spacial score (nSPS) is 11.2. The van der Waals surface area contributed by atoms with Crippen LogP contribution in [0.1, 0.15) is 22.8 Å². The van der Waals surface area contributed by atoms with E-state index >= 15 is 0 Å². The SMILES string of the molecule is CCOC(=O)c1cnc(S(=O)(=O)O)c(Cl)c1Nc1ccc(F)cc1C. The zero-order chi connectivity index (χ0) is 18.8. The minimum absolute atomic E-state index is 0.0749. The average Bonchev–Trinajstić information content (AvgIpc) is 2.50. The van der Waals surface area contributed by atoms with E-state index in [1.54, 1.807) is 13.8 Å². The van der Waals surface area contributed by atoms with Gasteiger partial charge in [-0.1, -0.05) is 11.6 Å². The number of anilines is 2. The Balaban J connectivity index is 2.64. The molecule has 10 heteroatoms. The fraction of sp³-hybridized carbons (Fsp3) is 0.200. The molecule has 7 nitrogen and oxygen atoms in total. The van der Waals surface area contributed by atoms with Crippen LogP contribution in [0, 0.1) is 12.7 Å². The van der Waals surface area contributed by atoms with Crippen molar-refractivity contribution in [1.82, 2.24) is 4.98 Å². The number of carbonyl (C=O) groups excluding carboxylic acids is 1. The number of ether oxygens (including phenoxy) is 1. The monoisotopic (exact) mass is 388 g/mol. The van der Waals surface area contributed by atoms with Crippen molar-refractivity contribution in [2.24, 2.45) is 0 Å². The molecule has 0 bridgehead atoms. The van der Waals surface area contributed by atoms with Gasteiger partial charge in [0.15, 0.2) is 0 Å². The highest BCUT2D eigenvalue weighted by Crippen LogP contribution is 2.34. The van der Waals surface area contributed by atoms with Gasteiger partial charge in [0.05, 0.1) is 12.3 Å². The fourth-order valence-electron chi connectivity index (χ4n) is 2.04. The molecule has 0 atom stereocenters. The van der Waals surface area contributed by atoms with Crippen LogP contribution in [0.2, 0.25) is 5.02 Å². The Hall–Kier alpha value is -2.23. The van der Waals surface area contributed by atoms with Crippen LogP contribution in [0.5, 0.6) is 0 Å². The molecule has 2 N–H and O–H groups in total. The molecule has 25 heavy (non-hydrogen) atoms. The van der Waals surface area contributed by atoms with Crippen LogP contribution in [0.4, 0.5) is 15.8 Å². The van der Waals surface area contributed by atoms with Gasteiger partial charge in [0.25, 0.3) is 0 Å². The minimum Gasteiger partial charge on any atom is -0.462 e. The zero-order valence-electron chi connectivity index (χ0n) is 13.2. The highest BCUT2D eigenvalue weighted by Gasteiger charge is 2.25. The highest BCUT2D eigenvalue weighted by atomic mass is 35.5. The standard InChI is InChI=1S/C15H14ClFN2O5S/c1-3-24-15(20)10-7-18-14(25(21,22)23)12(16)13(10)19-11-5-4-9(17)6-8(11)2/h4-7H,3H2,1-2H3,(H,18,19)(H,21,22,23). The molecule has 134 valence electrons. The summed E-state index contributed by atoms with van der Waals surface area (Å²) in [6.45, 7) is 3.27. The van der Waals surface area contributed by atoms with E-state index in [1.165, 1.54) is 18.2 Å². The smallest absolute Gasteiger partial charge is 0.341 e. The van der Waals surface area contributed by atoms with Gasteiger partial charge in [-0.05, 0) is 37.6 Å². The first-order chi connectivity index (χ1) is 11.6. The van der Waals surface area contributed by atoms with Crippen LogP contribution in [0.25, 0.3) is 0 Å². The summed E-state index contributed by atoms with van der Waals surface area (Å²) in [5.74, 6) is -1.26. The first-order valence-corrected chi connectivity index (χ1v) is 8.83. The van der Waals surface area contributed by atoms with Gasteiger partial charge in [0, 0.05) is 11.9 Å². The summed E-state index contributed by atoms with van der Waals surface area (Å²) in [4.78, 5) is 15.6. The largest absolute Gasteiger partial charge is 0.462 e. The summed E-state index contributed by atoms with van der Waals surface area (Å²) in [6, 6.07) is 3.81. The molecule has 0 aliphatic rings. The molecular formula is C15H14ClFN2O5S. The number of benzene rings is 1. The molecule has 1 aromatic heterocycles. The van der Waals surface area contributed by atoms with Crippen LogP contribution in [0.15, 0.2) is 29.4 Å². The Bertz CT molecular complexity index is 934. The van der Waals surface area contributed by atoms with E-state index in [-0.39, 0.29) is 17.9 Å². The number of aromatic nitrogens is 1. The highest BCUT2D eigenvalue weighted by molar-refractivity contribution is 7.85. The Morgan fingerprint density at radius 3 is 2.68 bits per heavy atom. The minimum atomic E-state index is -4.72.